The van der Waals surface area contributed by atoms with Crippen LogP contribution in [0.2, 0.25) is 0 Å². The number of hydrogen-bond acceptors (Lipinski definition) is 5. The van der Waals surface area contributed by atoms with Gasteiger partial charge in [-0.25, -0.2) is 8.42 Å². The Bertz CT molecular complexity index is 646. The molecular formula is C18H30N4O2S. The molecule has 0 unspecified atom stereocenters. The lowest BCUT2D eigenvalue weighted by Gasteiger charge is -2.36. The second-order valence-electron chi connectivity index (χ2n) is 7.01. The number of piperazine rings is 2. The van der Waals surface area contributed by atoms with Gasteiger partial charge in [-0.1, -0.05) is 6.92 Å². The van der Waals surface area contributed by atoms with E-state index in [1.807, 2.05) is 6.92 Å². The molecule has 0 radical (unpaired) electrons. The Balaban J connectivity index is 1.57. The molecule has 0 atom stereocenters. The van der Waals surface area contributed by atoms with Crippen molar-refractivity contribution in [1.29, 1.82) is 0 Å². The fraction of sp³-hybridized carbons (Fsp3) is 0.667. The van der Waals surface area contributed by atoms with Crippen LogP contribution in [-0.2, 0) is 10.0 Å². The molecule has 25 heavy (non-hydrogen) atoms. The molecule has 7 heteroatoms. The lowest BCUT2D eigenvalue weighted by Crippen LogP contribution is -2.49. The zero-order chi connectivity index (χ0) is 17.9. The van der Waals surface area contributed by atoms with Gasteiger partial charge in [0.1, 0.15) is 0 Å². The second kappa shape index (κ2) is 7.93. The van der Waals surface area contributed by atoms with Gasteiger partial charge in [0.2, 0.25) is 10.0 Å². The molecule has 2 fully saturated rings. The molecule has 1 aromatic carbocycles. The molecule has 0 bridgehead atoms. The minimum absolute atomic E-state index is 0.257. The van der Waals surface area contributed by atoms with E-state index >= 15 is 0 Å². The van der Waals surface area contributed by atoms with Crippen LogP contribution in [0.4, 0.5) is 11.4 Å². The minimum Gasteiger partial charge on any atom is -0.369 e. The summed E-state index contributed by atoms with van der Waals surface area (Å²) >= 11 is 0. The van der Waals surface area contributed by atoms with Crippen molar-refractivity contribution in [2.24, 2.45) is 0 Å². The Morgan fingerprint density at radius 1 is 0.800 bits per heavy atom. The highest BCUT2D eigenvalue weighted by molar-refractivity contribution is 7.89. The highest BCUT2D eigenvalue weighted by Gasteiger charge is 2.26. The standard InChI is InChI=1S/C18H30N4O2S/c1-3-16-25(23,24)22-14-12-21(13-15-22)18-6-4-17(5-7-18)20-10-8-19(2)9-11-20/h4-7H,3,8-16H2,1-2H3. The van der Waals surface area contributed by atoms with Crippen molar-refractivity contribution in [3.8, 4) is 0 Å². The Morgan fingerprint density at radius 3 is 1.68 bits per heavy atom. The summed E-state index contributed by atoms with van der Waals surface area (Å²) < 4.78 is 26.0. The van der Waals surface area contributed by atoms with Crippen LogP contribution in [0.15, 0.2) is 24.3 Å². The van der Waals surface area contributed by atoms with Crippen molar-refractivity contribution >= 4 is 21.4 Å². The SMILES string of the molecule is CCCS(=O)(=O)N1CCN(c2ccc(N3CCN(C)CC3)cc2)CC1. The summed E-state index contributed by atoms with van der Waals surface area (Å²) in [7, 11) is -0.901. The smallest absolute Gasteiger partial charge is 0.214 e. The Kier molecular flexibility index (Phi) is 5.86. The first-order valence-corrected chi connectivity index (χ1v) is 10.9. The first-order chi connectivity index (χ1) is 12.0. The van der Waals surface area contributed by atoms with Crippen LogP contribution in [0.1, 0.15) is 13.3 Å². The molecule has 0 aliphatic carbocycles. The number of benzene rings is 1. The van der Waals surface area contributed by atoms with E-state index in [9.17, 15) is 8.42 Å². The van der Waals surface area contributed by atoms with Crippen molar-refractivity contribution in [1.82, 2.24) is 9.21 Å². The van der Waals surface area contributed by atoms with Crippen LogP contribution >= 0.6 is 0 Å². The van der Waals surface area contributed by atoms with Gasteiger partial charge in [0.05, 0.1) is 5.75 Å². The number of nitrogens with zero attached hydrogens (tertiary/aromatic N) is 4. The molecule has 2 aliphatic heterocycles. The van der Waals surface area contributed by atoms with E-state index in [-0.39, 0.29) is 5.75 Å². The summed E-state index contributed by atoms with van der Waals surface area (Å²) in [4.78, 5) is 7.07. The van der Waals surface area contributed by atoms with Crippen molar-refractivity contribution in [2.45, 2.75) is 13.3 Å². The average Bonchev–Trinajstić information content (AvgIpc) is 2.63. The lowest BCUT2D eigenvalue weighted by atomic mass is 10.2. The molecule has 0 spiro atoms. The summed E-state index contributed by atoms with van der Waals surface area (Å²) in [6.07, 6.45) is 0.677. The molecule has 0 amide bonds. The van der Waals surface area contributed by atoms with E-state index in [1.54, 1.807) is 4.31 Å². The van der Waals surface area contributed by atoms with Gasteiger partial charge in [0.15, 0.2) is 0 Å². The zero-order valence-corrected chi connectivity index (χ0v) is 16.2. The number of rotatable bonds is 5. The molecule has 2 heterocycles. The maximum atomic E-state index is 12.2. The summed E-state index contributed by atoms with van der Waals surface area (Å²) in [5, 5.41) is 0. The second-order valence-corrected chi connectivity index (χ2v) is 9.10. The van der Waals surface area contributed by atoms with Gasteiger partial charge in [-0.2, -0.15) is 4.31 Å². The first-order valence-electron chi connectivity index (χ1n) is 9.26. The maximum Gasteiger partial charge on any atom is 0.214 e. The molecule has 3 rings (SSSR count). The Labute approximate surface area is 152 Å². The van der Waals surface area contributed by atoms with E-state index in [1.165, 1.54) is 11.4 Å². The van der Waals surface area contributed by atoms with Crippen LogP contribution in [0.5, 0.6) is 0 Å². The summed E-state index contributed by atoms with van der Waals surface area (Å²) in [5.74, 6) is 0.257. The number of sulfonamides is 1. The fourth-order valence-electron chi connectivity index (χ4n) is 3.55. The third kappa shape index (κ3) is 4.46. The van der Waals surface area contributed by atoms with Crippen molar-refractivity contribution in [3.63, 3.8) is 0 Å². The predicted molar refractivity (Wildman–Crippen MR) is 104 cm³/mol. The Morgan fingerprint density at radius 2 is 1.24 bits per heavy atom. The molecule has 0 saturated carbocycles. The monoisotopic (exact) mass is 366 g/mol. The van der Waals surface area contributed by atoms with Crippen LogP contribution in [0.3, 0.4) is 0 Å². The third-order valence-corrected chi connectivity index (χ3v) is 7.25. The van der Waals surface area contributed by atoms with Gasteiger partial charge in [0.25, 0.3) is 0 Å². The van der Waals surface area contributed by atoms with E-state index in [4.69, 9.17) is 0 Å². The van der Waals surface area contributed by atoms with Crippen molar-refractivity contribution in [2.75, 3.05) is 75.0 Å². The highest BCUT2D eigenvalue weighted by Crippen LogP contribution is 2.23. The zero-order valence-electron chi connectivity index (χ0n) is 15.4. The van der Waals surface area contributed by atoms with Gasteiger partial charge in [-0.3, -0.25) is 0 Å². The summed E-state index contributed by atoms with van der Waals surface area (Å²) in [6, 6.07) is 8.73. The fourth-order valence-corrected chi connectivity index (χ4v) is 5.04. The molecule has 2 aliphatic rings. The maximum absolute atomic E-state index is 12.2. The molecular weight excluding hydrogens is 336 g/mol. The predicted octanol–water partition coefficient (Wildman–Crippen LogP) is 1.30. The van der Waals surface area contributed by atoms with Crippen LogP contribution in [-0.4, -0.2) is 82.8 Å². The molecule has 6 nitrogen and oxygen atoms in total. The van der Waals surface area contributed by atoms with Crippen LogP contribution in [0.25, 0.3) is 0 Å². The van der Waals surface area contributed by atoms with Crippen molar-refractivity contribution < 1.29 is 8.42 Å². The van der Waals surface area contributed by atoms with E-state index in [2.05, 4.69) is 46.0 Å². The van der Waals surface area contributed by atoms with Gasteiger partial charge in [0, 0.05) is 63.7 Å². The lowest BCUT2D eigenvalue weighted by molar-refractivity contribution is 0.313. The topological polar surface area (TPSA) is 47.1 Å². The first kappa shape index (κ1) is 18.5. The average molecular weight is 367 g/mol. The van der Waals surface area contributed by atoms with Gasteiger partial charge in [-0.05, 0) is 37.7 Å². The van der Waals surface area contributed by atoms with E-state index < -0.39 is 10.0 Å². The third-order valence-electron chi connectivity index (χ3n) is 5.18. The number of hydrogen-bond donors (Lipinski definition) is 0. The van der Waals surface area contributed by atoms with Crippen LogP contribution in [0, 0.1) is 0 Å². The molecule has 140 valence electrons. The Hall–Kier alpha value is -1.31. The quantitative estimate of drug-likeness (QED) is 0.786. The number of anilines is 2. The summed E-state index contributed by atoms with van der Waals surface area (Å²) in [5.41, 5.74) is 2.46. The largest absolute Gasteiger partial charge is 0.369 e. The summed E-state index contributed by atoms with van der Waals surface area (Å²) in [6.45, 7) is 8.97. The van der Waals surface area contributed by atoms with Gasteiger partial charge >= 0.3 is 0 Å². The van der Waals surface area contributed by atoms with Gasteiger partial charge in [-0.15, -0.1) is 0 Å². The van der Waals surface area contributed by atoms with Crippen LogP contribution < -0.4 is 9.80 Å². The number of likely N-dealkylation sites (N-methyl/N-ethyl adjacent to an activating group) is 1. The minimum atomic E-state index is -3.07. The van der Waals surface area contributed by atoms with Crippen molar-refractivity contribution in [3.05, 3.63) is 24.3 Å². The normalized spacial score (nSPS) is 20.9. The molecule has 0 aromatic heterocycles. The molecule has 0 N–H and O–H groups in total. The van der Waals surface area contributed by atoms with E-state index in [0.717, 1.165) is 39.3 Å². The molecule has 1 aromatic rings. The van der Waals surface area contributed by atoms with E-state index in [0.29, 0.717) is 19.5 Å². The molecule has 2 saturated heterocycles. The van der Waals surface area contributed by atoms with Gasteiger partial charge < -0.3 is 14.7 Å². The highest BCUT2D eigenvalue weighted by atomic mass is 32.2.